The molecule has 18 nitrogen and oxygen atoms in total. The highest BCUT2D eigenvalue weighted by Gasteiger charge is 2.56. The minimum absolute atomic E-state index is 0.00904. The number of hydrogen-bond donors (Lipinski definition) is 4. The van der Waals surface area contributed by atoms with Crippen molar-refractivity contribution < 1.29 is 47.6 Å². The molecule has 2 heterocycles. The first-order chi connectivity index (χ1) is 20.5. The first-order valence-corrected chi connectivity index (χ1v) is 14.5. The summed E-state index contributed by atoms with van der Waals surface area (Å²) in [5.74, 6) is -1.53. The van der Waals surface area contributed by atoms with E-state index in [1.54, 1.807) is 25.1 Å². The second-order valence-corrected chi connectivity index (χ2v) is 10.6. The Kier molecular flexibility index (Phi) is 11.6. The Labute approximate surface area is 243 Å². The molecule has 0 radical (unpaired) electrons. The fourth-order valence-electron chi connectivity index (χ4n) is 3.98. The van der Waals surface area contributed by atoms with Gasteiger partial charge in [-0.1, -0.05) is 23.3 Å². The number of nitrogens with zero attached hydrogens (tertiary/aromatic N) is 4. The second kappa shape index (κ2) is 14.9. The van der Waals surface area contributed by atoms with Gasteiger partial charge in [0, 0.05) is 23.6 Å². The number of nitrogens with one attached hydrogen (secondary N) is 2. The van der Waals surface area contributed by atoms with Crippen molar-refractivity contribution in [2.45, 2.75) is 56.9 Å². The van der Waals surface area contributed by atoms with Crippen LogP contribution in [0.2, 0.25) is 0 Å². The van der Waals surface area contributed by atoms with E-state index in [9.17, 15) is 39.5 Å². The monoisotopic (exact) mass is 626 g/mol. The quantitative estimate of drug-likeness (QED) is 0.0704. The number of azide groups is 1. The molecule has 1 aromatic carbocycles. The summed E-state index contributed by atoms with van der Waals surface area (Å²) in [6, 6.07) is 7.11. The lowest BCUT2D eigenvalue weighted by molar-refractivity contribution is -0.146. The molecular weight excluding hydrogens is 595 g/mol. The van der Waals surface area contributed by atoms with Gasteiger partial charge < -0.3 is 28.9 Å². The minimum atomic E-state index is -4.70. The number of ether oxygens (including phenoxy) is 3. The topological polar surface area (TPSA) is 253 Å². The Bertz CT molecular complexity index is 1480. The number of esters is 2. The largest absolute Gasteiger partial charge is 0.466 e. The van der Waals surface area contributed by atoms with E-state index in [4.69, 9.17) is 23.3 Å². The van der Waals surface area contributed by atoms with Crippen LogP contribution < -0.4 is 20.9 Å². The summed E-state index contributed by atoms with van der Waals surface area (Å²) < 4.78 is 41.5. The maximum absolute atomic E-state index is 14.1. The van der Waals surface area contributed by atoms with Gasteiger partial charge in [-0.05, 0) is 37.9 Å². The van der Waals surface area contributed by atoms with Gasteiger partial charge in [0.25, 0.3) is 5.56 Å². The molecule has 2 aromatic rings. The second-order valence-electron chi connectivity index (χ2n) is 8.95. The SMILES string of the molecule is CCOC(=O)CC[C@H](NP(=O)(OC[C@@]1(N=[N+]=[N-])O[C@@H](n2ccc(=O)[nH]c2=O)[C@H](O)[C@@H]1O)Oc1ccccc1)C(=O)OCC. The van der Waals surface area contributed by atoms with Crippen molar-refractivity contribution in [1.29, 1.82) is 0 Å². The van der Waals surface area contributed by atoms with E-state index in [0.717, 1.165) is 16.8 Å². The van der Waals surface area contributed by atoms with Crippen molar-refractivity contribution in [1.82, 2.24) is 14.6 Å². The van der Waals surface area contributed by atoms with Crippen LogP contribution in [0.15, 0.2) is 57.3 Å². The molecular formula is C24H31N6O12P. The first-order valence-electron chi connectivity index (χ1n) is 13.0. The van der Waals surface area contributed by atoms with Crippen LogP contribution in [-0.2, 0) is 32.9 Å². The fourth-order valence-corrected chi connectivity index (χ4v) is 5.53. The third kappa shape index (κ3) is 8.52. The number of aromatic nitrogens is 2. The number of rotatable bonds is 15. The Morgan fingerprint density at radius 3 is 2.53 bits per heavy atom. The Balaban J connectivity index is 1.94. The predicted molar refractivity (Wildman–Crippen MR) is 145 cm³/mol. The molecule has 1 saturated heterocycles. The van der Waals surface area contributed by atoms with Gasteiger partial charge in [0.1, 0.15) is 24.0 Å². The highest BCUT2D eigenvalue weighted by Crippen LogP contribution is 2.48. The van der Waals surface area contributed by atoms with Crippen LogP contribution in [-0.4, -0.2) is 75.5 Å². The molecule has 234 valence electrons. The standard InChI is InChI=1S/C24H31N6O12P/c1-3-38-18(32)11-10-16(22(35)39-4-2)27-43(37,42-15-8-6-5-7-9-15)40-14-24(28-29-25)20(34)19(33)21(41-24)30-13-12-17(31)26-23(30)36/h5-9,12-13,16,19-21,33-34H,3-4,10-11,14H2,1-2H3,(H,27,37)(H,26,31,36)/t16-,19+,20-,21+,24+,43?/m0/s1. The number of benzene rings is 1. The van der Waals surface area contributed by atoms with Gasteiger partial charge in [-0.2, -0.15) is 5.09 Å². The number of carbonyl (C=O) groups excluding carboxylic acids is 2. The van der Waals surface area contributed by atoms with Crippen LogP contribution in [0.5, 0.6) is 5.75 Å². The number of H-pyrrole nitrogens is 1. The third-order valence-electron chi connectivity index (χ3n) is 5.98. The maximum atomic E-state index is 14.1. The van der Waals surface area contributed by atoms with Crippen LogP contribution in [0.1, 0.15) is 32.9 Å². The number of para-hydroxylation sites is 1. The summed E-state index contributed by atoms with van der Waals surface area (Å²) in [6.45, 7) is 2.13. The molecule has 6 atom stereocenters. The number of carbonyl (C=O) groups is 2. The number of aliphatic hydroxyl groups is 2. The van der Waals surface area contributed by atoms with E-state index >= 15 is 0 Å². The Morgan fingerprint density at radius 1 is 1.21 bits per heavy atom. The molecule has 43 heavy (non-hydrogen) atoms. The van der Waals surface area contributed by atoms with Gasteiger partial charge in [0.15, 0.2) is 6.23 Å². The summed E-state index contributed by atoms with van der Waals surface area (Å²) in [7, 11) is -4.70. The lowest BCUT2D eigenvalue weighted by Crippen LogP contribution is -2.46. The van der Waals surface area contributed by atoms with Crippen LogP contribution >= 0.6 is 7.75 Å². The molecule has 0 aliphatic carbocycles. The van der Waals surface area contributed by atoms with Crippen molar-refractivity contribution in [2.75, 3.05) is 19.8 Å². The van der Waals surface area contributed by atoms with Gasteiger partial charge >= 0.3 is 25.4 Å². The predicted octanol–water partition coefficient (Wildman–Crippen LogP) is 0.862. The fraction of sp³-hybridized carbons (Fsp3) is 0.500. The number of aromatic amines is 1. The average molecular weight is 627 g/mol. The molecule has 3 rings (SSSR count). The first kappa shape index (κ1) is 33.5. The summed E-state index contributed by atoms with van der Waals surface area (Å²) in [5.41, 5.74) is 4.99. The molecule has 0 spiro atoms. The molecule has 19 heteroatoms. The molecule has 1 aromatic heterocycles. The van der Waals surface area contributed by atoms with Crippen molar-refractivity contribution in [3.05, 3.63) is 73.9 Å². The van der Waals surface area contributed by atoms with Gasteiger partial charge in [0.2, 0.25) is 5.72 Å². The van der Waals surface area contributed by atoms with Gasteiger partial charge in [-0.25, -0.2) is 9.36 Å². The molecule has 4 N–H and O–H groups in total. The molecule has 0 saturated carbocycles. The summed E-state index contributed by atoms with van der Waals surface area (Å²) in [6.07, 6.45) is -5.19. The summed E-state index contributed by atoms with van der Waals surface area (Å²) in [4.78, 5) is 53.1. The van der Waals surface area contributed by atoms with Crippen molar-refractivity contribution in [3.63, 3.8) is 0 Å². The zero-order valence-electron chi connectivity index (χ0n) is 23.1. The van der Waals surface area contributed by atoms with Crippen LogP contribution in [0, 0.1) is 0 Å². The normalized spacial score (nSPS) is 23.4. The highest BCUT2D eigenvalue weighted by atomic mass is 31.2. The van der Waals surface area contributed by atoms with E-state index < -0.39 is 67.7 Å². The maximum Gasteiger partial charge on any atom is 0.459 e. The lowest BCUT2D eigenvalue weighted by atomic mass is 10.1. The molecule has 1 unspecified atom stereocenters. The van der Waals surface area contributed by atoms with Gasteiger partial charge in [-0.15, -0.1) is 0 Å². The summed E-state index contributed by atoms with van der Waals surface area (Å²) >= 11 is 0. The van der Waals surface area contributed by atoms with E-state index in [-0.39, 0.29) is 31.8 Å². The molecule has 1 fully saturated rings. The molecule has 1 aliphatic heterocycles. The van der Waals surface area contributed by atoms with Crippen LogP contribution in [0.25, 0.3) is 10.4 Å². The highest BCUT2D eigenvalue weighted by molar-refractivity contribution is 7.52. The molecule has 0 amide bonds. The number of aliphatic hydroxyl groups excluding tert-OH is 2. The van der Waals surface area contributed by atoms with E-state index in [0.29, 0.717) is 0 Å². The van der Waals surface area contributed by atoms with Crippen LogP contribution in [0.4, 0.5) is 0 Å². The third-order valence-corrected chi connectivity index (χ3v) is 7.53. The average Bonchev–Trinajstić information content (AvgIpc) is 3.20. The zero-order chi connectivity index (χ0) is 31.6. The van der Waals surface area contributed by atoms with E-state index in [1.807, 2.05) is 4.98 Å². The smallest absolute Gasteiger partial charge is 0.459 e. The van der Waals surface area contributed by atoms with Crippen molar-refractivity contribution in [3.8, 4) is 5.75 Å². The van der Waals surface area contributed by atoms with Crippen molar-refractivity contribution >= 4 is 19.7 Å². The summed E-state index contributed by atoms with van der Waals surface area (Å²) in [5, 5.41) is 27.4. The Morgan fingerprint density at radius 2 is 1.91 bits per heavy atom. The Hall–Kier alpha value is -4.02. The van der Waals surface area contributed by atoms with Gasteiger partial charge in [0.05, 0.1) is 19.8 Å². The van der Waals surface area contributed by atoms with Gasteiger partial charge in [-0.3, -0.25) is 28.5 Å². The molecule has 1 aliphatic rings. The van der Waals surface area contributed by atoms with Crippen LogP contribution in [0.3, 0.4) is 0 Å². The minimum Gasteiger partial charge on any atom is -0.466 e. The lowest BCUT2D eigenvalue weighted by Gasteiger charge is -2.30. The van der Waals surface area contributed by atoms with E-state index in [1.165, 1.54) is 19.1 Å². The van der Waals surface area contributed by atoms with Crippen molar-refractivity contribution in [2.24, 2.45) is 5.11 Å². The molecule has 0 bridgehead atoms. The number of hydrogen-bond acceptors (Lipinski definition) is 13. The van der Waals surface area contributed by atoms with E-state index in [2.05, 4.69) is 15.1 Å². The zero-order valence-corrected chi connectivity index (χ0v) is 24.0.